The molecule has 2 aromatic carbocycles. The molecule has 0 aromatic heterocycles. The average Bonchev–Trinajstić information content (AvgIpc) is 2.60. The van der Waals surface area contributed by atoms with Gasteiger partial charge in [-0.1, -0.05) is 12.6 Å². The fourth-order valence-corrected chi connectivity index (χ4v) is 2.18. The van der Waals surface area contributed by atoms with E-state index in [4.69, 9.17) is 9.47 Å². The van der Waals surface area contributed by atoms with E-state index in [2.05, 4.69) is 17.2 Å². The molecule has 0 bridgehead atoms. The molecule has 2 N–H and O–H groups in total. The molecular weight excluding hydrogens is 328 g/mol. The number of nitrogens with one attached hydrogen (secondary N) is 2. The van der Waals surface area contributed by atoms with Crippen molar-refractivity contribution >= 4 is 17.3 Å². The summed E-state index contributed by atoms with van der Waals surface area (Å²) in [5.74, 6) is 1.39. The molecular formula is C21H26N2O3. The van der Waals surface area contributed by atoms with Crippen molar-refractivity contribution in [1.29, 1.82) is 0 Å². The molecule has 2 aromatic rings. The number of benzene rings is 2. The Kier molecular flexibility index (Phi) is 7.09. The van der Waals surface area contributed by atoms with Gasteiger partial charge in [-0.05, 0) is 62.7 Å². The summed E-state index contributed by atoms with van der Waals surface area (Å²) < 4.78 is 11.2. The molecule has 5 heteroatoms. The van der Waals surface area contributed by atoms with E-state index in [1.165, 1.54) is 0 Å². The summed E-state index contributed by atoms with van der Waals surface area (Å²) >= 11 is 0. The molecule has 0 spiro atoms. The Morgan fingerprint density at radius 1 is 1.08 bits per heavy atom. The summed E-state index contributed by atoms with van der Waals surface area (Å²) in [6.45, 7) is 10.3. The lowest BCUT2D eigenvalue weighted by Crippen LogP contribution is -2.21. The first kappa shape index (κ1) is 19.4. The van der Waals surface area contributed by atoms with Crippen LogP contribution in [0.1, 0.15) is 20.8 Å². The van der Waals surface area contributed by atoms with Gasteiger partial charge in [-0.3, -0.25) is 4.79 Å². The summed E-state index contributed by atoms with van der Waals surface area (Å²) in [7, 11) is 0. The van der Waals surface area contributed by atoms with E-state index in [9.17, 15) is 4.79 Å². The lowest BCUT2D eigenvalue weighted by molar-refractivity contribution is -0.114. The van der Waals surface area contributed by atoms with E-state index in [1.54, 1.807) is 0 Å². The van der Waals surface area contributed by atoms with E-state index >= 15 is 0 Å². The molecule has 5 nitrogen and oxygen atoms in total. The Bertz CT molecular complexity index is 739. The number of carbonyl (C=O) groups excluding carboxylic acids is 1. The zero-order chi connectivity index (χ0) is 18.9. The van der Waals surface area contributed by atoms with E-state index < -0.39 is 0 Å². The lowest BCUT2D eigenvalue weighted by Gasteiger charge is -2.12. The van der Waals surface area contributed by atoms with Crippen molar-refractivity contribution in [3.63, 3.8) is 0 Å². The highest BCUT2D eigenvalue weighted by Gasteiger charge is 2.04. The van der Waals surface area contributed by atoms with Crippen molar-refractivity contribution in [2.45, 2.75) is 26.9 Å². The third-order valence-electron chi connectivity index (χ3n) is 3.28. The summed E-state index contributed by atoms with van der Waals surface area (Å²) in [5.41, 5.74) is 2.50. The van der Waals surface area contributed by atoms with Crippen molar-refractivity contribution in [3.8, 4) is 11.5 Å². The highest BCUT2D eigenvalue weighted by atomic mass is 16.5. The van der Waals surface area contributed by atoms with Gasteiger partial charge in [-0.15, -0.1) is 0 Å². The van der Waals surface area contributed by atoms with Gasteiger partial charge in [0.15, 0.2) is 0 Å². The third kappa shape index (κ3) is 6.89. The number of ether oxygens (including phenoxy) is 2. The standard InChI is InChI=1S/C21H26N2O3/c1-15(2)14-25-20-7-5-6-18(12-20)22-13-21(24)23-17-8-10-19(11-9-17)26-16(3)4/h5-12,16,22H,1,13-14H2,2-4H3,(H,23,24). The van der Waals surface area contributed by atoms with Gasteiger partial charge in [-0.25, -0.2) is 0 Å². The van der Waals surface area contributed by atoms with Crippen LogP contribution in [0.4, 0.5) is 11.4 Å². The van der Waals surface area contributed by atoms with E-state index in [-0.39, 0.29) is 18.6 Å². The van der Waals surface area contributed by atoms with E-state index in [0.717, 1.165) is 28.4 Å². The minimum absolute atomic E-state index is 0.120. The van der Waals surface area contributed by atoms with Crippen LogP contribution in [0.5, 0.6) is 11.5 Å². The van der Waals surface area contributed by atoms with Gasteiger partial charge in [0.2, 0.25) is 5.91 Å². The van der Waals surface area contributed by atoms with Crippen LogP contribution in [-0.2, 0) is 4.79 Å². The minimum Gasteiger partial charge on any atom is -0.491 e. The molecule has 26 heavy (non-hydrogen) atoms. The van der Waals surface area contributed by atoms with Gasteiger partial charge in [0.1, 0.15) is 18.1 Å². The van der Waals surface area contributed by atoms with Gasteiger partial charge in [0.05, 0.1) is 12.6 Å². The molecule has 0 saturated carbocycles. The molecule has 0 heterocycles. The molecule has 2 rings (SSSR count). The monoisotopic (exact) mass is 354 g/mol. The number of carbonyl (C=O) groups is 1. The number of hydrogen-bond acceptors (Lipinski definition) is 4. The zero-order valence-electron chi connectivity index (χ0n) is 15.5. The number of hydrogen-bond donors (Lipinski definition) is 2. The third-order valence-corrected chi connectivity index (χ3v) is 3.28. The van der Waals surface area contributed by atoms with Crippen LogP contribution in [0.15, 0.2) is 60.7 Å². The van der Waals surface area contributed by atoms with Gasteiger partial charge in [0.25, 0.3) is 0 Å². The molecule has 0 aliphatic carbocycles. The predicted octanol–water partition coefficient (Wildman–Crippen LogP) is 4.48. The molecule has 0 fully saturated rings. The van der Waals surface area contributed by atoms with Crippen LogP contribution >= 0.6 is 0 Å². The highest BCUT2D eigenvalue weighted by Crippen LogP contribution is 2.19. The SMILES string of the molecule is C=C(C)COc1cccc(NCC(=O)Nc2ccc(OC(C)C)cc2)c1. The minimum atomic E-state index is -0.129. The summed E-state index contributed by atoms with van der Waals surface area (Å²) in [4.78, 5) is 12.1. The Morgan fingerprint density at radius 2 is 1.81 bits per heavy atom. The second-order valence-electron chi connectivity index (χ2n) is 6.37. The van der Waals surface area contributed by atoms with Crippen LogP contribution in [0.25, 0.3) is 0 Å². The summed E-state index contributed by atoms with van der Waals surface area (Å²) in [5, 5.41) is 5.94. The Balaban J connectivity index is 1.83. The molecule has 138 valence electrons. The second-order valence-corrected chi connectivity index (χ2v) is 6.37. The second kappa shape index (κ2) is 9.51. The van der Waals surface area contributed by atoms with Crippen LogP contribution in [0, 0.1) is 0 Å². The van der Waals surface area contributed by atoms with Crippen molar-refractivity contribution in [1.82, 2.24) is 0 Å². The molecule has 0 aliphatic heterocycles. The predicted molar refractivity (Wildman–Crippen MR) is 106 cm³/mol. The number of anilines is 2. The molecule has 0 radical (unpaired) electrons. The average molecular weight is 354 g/mol. The zero-order valence-corrected chi connectivity index (χ0v) is 15.5. The van der Waals surface area contributed by atoms with E-state index in [1.807, 2.05) is 69.3 Å². The van der Waals surface area contributed by atoms with Crippen molar-refractivity contribution in [2.75, 3.05) is 23.8 Å². The fraction of sp³-hybridized carbons (Fsp3) is 0.286. The molecule has 0 saturated heterocycles. The normalized spacial score (nSPS) is 10.3. The Morgan fingerprint density at radius 3 is 2.46 bits per heavy atom. The largest absolute Gasteiger partial charge is 0.491 e. The quantitative estimate of drug-likeness (QED) is 0.652. The first-order valence-corrected chi connectivity index (χ1v) is 8.60. The van der Waals surface area contributed by atoms with Gasteiger partial charge in [0, 0.05) is 17.4 Å². The molecule has 0 unspecified atom stereocenters. The summed E-state index contributed by atoms with van der Waals surface area (Å²) in [6.07, 6.45) is 0.120. The lowest BCUT2D eigenvalue weighted by atomic mass is 10.3. The summed E-state index contributed by atoms with van der Waals surface area (Å²) in [6, 6.07) is 14.8. The van der Waals surface area contributed by atoms with Crippen molar-refractivity contribution < 1.29 is 14.3 Å². The topological polar surface area (TPSA) is 59.6 Å². The Labute approximate surface area is 155 Å². The number of amides is 1. The van der Waals surface area contributed by atoms with Crippen LogP contribution in [-0.4, -0.2) is 25.2 Å². The molecule has 1 amide bonds. The van der Waals surface area contributed by atoms with Crippen molar-refractivity contribution in [2.24, 2.45) is 0 Å². The first-order chi connectivity index (χ1) is 12.4. The molecule has 0 atom stereocenters. The smallest absolute Gasteiger partial charge is 0.243 e. The maximum atomic E-state index is 12.1. The van der Waals surface area contributed by atoms with Crippen LogP contribution in [0.3, 0.4) is 0 Å². The van der Waals surface area contributed by atoms with Crippen LogP contribution < -0.4 is 20.1 Å². The van der Waals surface area contributed by atoms with Crippen LogP contribution in [0.2, 0.25) is 0 Å². The maximum Gasteiger partial charge on any atom is 0.243 e. The maximum absolute atomic E-state index is 12.1. The highest BCUT2D eigenvalue weighted by molar-refractivity contribution is 5.93. The van der Waals surface area contributed by atoms with Gasteiger partial charge >= 0.3 is 0 Å². The Hall–Kier alpha value is -2.95. The fourth-order valence-electron chi connectivity index (χ4n) is 2.18. The van der Waals surface area contributed by atoms with Crippen molar-refractivity contribution in [3.05, 3.63) is 60.7 Å². The first-order valence-electron chi connectivity index (χ1n) is 8.60. The van der Waals surface area contributed by atoms with Gasteiger partial charge in [-0.2, -0.15) is 0 Å². The number of rotatable bonds is 9. The molecule has 0 aliphatic rings. The van der Waals surface area contributed by atoms with Gasteiger partial charge < -0.3 is 20.1 Å². The van der Waals surface area contributed by atoms with E-state index in [0.29, 0.717) is 6.61 Å².